The minimum absolute atomic E-state index is 0. The summed E-state index contributed by atoms with van der Waals surface area (Å²) in [6.07, 6.45) is -0.177. The summed E-state index contributed by atoms with van der Waals surface area (Å²) >= 11 is 3.17. The molecule has 0 heterocycles. The number of ether oxygens (including phenoxy) is 1. The molecule has 1 aromatic carbocycles. The van der Waals surface area contributed by atoms with Crippen molar-refractivity contribution < 1.29 is 17.7 Å². The predicted octanol–water partition coefficient (Wildman–Crippen LogP) is 2.90. The van der Waals surface area contributed by atoms with Crippen LogP contribution < -0.4 is 4.74 Å². The van der Waals surface area contributed by atoms with Crippen LogP contribution in [0.1, 0.15) is 13.8 Å². The summed E-state index contributed by atoms with van der Waals surface area (Å²) in [5, 5.41) is 0. The maximum Gasteiger partial charge on any atom is 0.298 e. The highest BCUT2D eigenvalue weighted by Gasteiger charge is 2.19. The van der Waals surface area contributed by atoms with E-state index in [2.05, 4.69) is 15.9 Å². The van der Waals surface area contributed by atoms with Crippen LogP contribution in [0.15, 0.2) is 27.6 Å². The number of benzene rings is 1. The number of hydrogen-bond acceptors (Lipinski definition) is 3. The Morgan fingerprint density at radius 3 is 2.38 bits per heavy atom. The molecule has 0 unspecified atom stereocenters. The minimum Gasteiger partial charge on any atom is -0.488 e. The van der Waals surface area contributed by atoms with Crippen LogP contribution in [-0.2, 0) is 10.1 Å². The topological polar surface area (TPSA) is 63.6 Å². The lowest BCUT2D eigenvalue weighted by molar-refractivity contribution is 0.233. The smallest absolute Gasteiger partial charge is 0.298 e. The van der Waals surface area contributed by atoms with Gasteiger partial charge in [-0.2, -0.15) is 8.42 Å². The minimum atomic E-state index is -4.26. The Morgan fingerprint density at radius 1 is 1.38 bits per heavy atom. The van der Waals surface area contributed by atoms with Gasteiger partial charge in [0, 0.05) is 0 Å². The molecule has 0 atom stereocenters. The van der Waals surface area contributed by atoms with Crippen molar-refractivity contribution in [2.45, 2.75) is 24.8 Å². The normalized spacial score (nSPS) is 11.1. The molecule has 4 nitrogen and oxygen atoms in total. The first kappa shape index (κ1) is 15.7. The average molecular weight is 332 g/mol. The fourth-order valence-corrected chi connectivity index (χ4v) is 2.28. The van der Waals surface area contributed by atoms with E-state index >= 15 is 0 Å². The van der Waals surface area contributed by atoms with E-state index in [-0.39, 0.29) is 29.2 Å². The van der Waals surface area contributed by atoms with E-state index in [0.29, 0.717) is 4.47 Å². The molecule has 92 valence electrons. The SMILES string of the molecule is CC(C)Oc1c(Br)cccc1S(=O)(=O)O.Cl. The molecule has 0 spiro atoms. The molecule has 0 saturated carbocycles. The monoisotopic (exact) mass is 330 g/mol. The molecular formula is C9H12BrClO4S. The van der Waals surface area contributed by atoms with Crippen LogP contribution in [0, 0.1) is 0 Å². The van der Waals surface area contributed by atoms with Gasteiger partial charge in [-0.1, -0.05) is 6.07 Å². The molecule has 0 amide bonds. The first-order valence-corrected chi connectivity index (χ1v) is 6.48. The molecule has 0 aromatic heterocycles. The van der Waals surface area contributed by atoms with Gasteiger partial charge in [-0.15, -0.1) is 12.4 Å². The van der Waals surface area contributed by atoms with Crippen LogP contribution in [0.3, 0.4) is 0 Å². The molecule has 16 heavy (non-hydrogen) atoms. The van der Waals surface area contributed by atoms with Crippen molar-refractivity contribution >= 4 is 38.5 Å². The second-order valence-corrected chi connectivity index (χ2v) is 5.45. The molecule has 1 rings (SSSR count). The molecule has 0 radical (unpaired) electrons. The van der Waals surface area contributed by atoms with Gasteiger partial charge in [0.15, 0.2) is 5.75 Å². The van der Waals surface area contributed by atoms with Crippen molar-refractivity contribution in [3.05, 3.63) is 22.7 Å². The summed E-state index contributed by atoms with van der Waals surface area (Å²) < 4.78 is 36.9. The summed E-state index contributed by atoms with van der Waals surface area (Å²) in [4.78, 5) is -0.231. The van der Waals surface area contributed by atoms with E-state index in [4.69, 9.17) is 9.29 Å². The highest BCUT2D eigenvalue weighted by molar-refractivity contribution is 9.10. The third-order valence-corrected chi connectivity index (χ3v) is 3.06. The molecular weight excluding hydrogens is 320 g/mol. The molecule has 1 aromatic rings. The fraction of sp³-hybridized carbons (Fsp3) is 0.333. The van der Waals surface area contributed by atoms with Gasteiger partial charge in [0.05, 0.1) is 10.6 Å². The molecule has 7 heteroatoms. The molecule has 0 aliphatic carbocycles. The second kappa shape index (κ2) is 5.86. The Hall–Kier alpha value is -0.300. The zero-order valence-electron chi connectivity index (χ0n) is 8.68. The number of rotatable bonds is 3. The summed E-state index contributed by atoms with van der Waals surface area (Å²) in [6.45, 7) is 3.54. The molecule has 0 bridgehead atoms. The van der Waals surface area contributed by atoms with E-state index in [9.17, 15) is 8.42 Å². The van der Waals surface area contributed by atoms with Crippen molar-refractivity contribution in [3.8, 4) is 5.75 Å². The van der Waals surface area contributed by atoms with Crippen LogP contribution in [-0.4, -0.2) is 19.1 Å². The molecule has 1 N–H and O–H groups in total. The van der Waals surface area contributed by atoms with Gasteiger partial charge in [0.1, 0.15) is 4.90 Å². The maximum absolute atomic E-state index is 11.0. The lowest BCUT2D eigenvalue weighted by atomic mass is 10.3. The molecule has 0 aliphatic heterocycles. The van der Waals surface area contributed by atoms with Gasteiger partial charge in [-0.25, -0.2) is 0 Å². The standard InChI is InChI=1S/C9H11BrO4S.ClH/c1-6(2)14-9-7(10)4-3-5-8(9)15(11,12)13;/h3-6H,1-2H3,(H,11,12,13);1H. The van der Waals surface area contributed by atoms with Crippen molar-refractivity contribution in [2.24, 2.45) is 0 Å². The zero-order chi connectivity index (χ0) is 11.6. The van der Waals surface area contributed by atoms with Gasteiger partial charge in [0.2, 0.25) is 0 Å². The Morgan fingerprint density at radius 2 is 1.94 bits per heavy atom. The summed E-state index contributed by atoms with van der Waals surface area (Å²) in [5.74, 6) is 0.134. The number of para-hydroxylation sites is 1. The first-order chi connectivity index (χ1) is 6.82. The highest BCUT2D eigenvalue weighted by atomic mass is 79.9. The second-order valence-electron chi connectivity index (χ2n) is 3.21. The lowest BCUT2D eigenvalue weighted by Crippen LogP contribution is -2.10. The third-order valence-electron chi connectivity index (χ3n) is 1.56. The van der Waals surface area contributed by atoms with Gasteiger partial charge in [-0.3, -0.25) is 4.55 Å². The molecule has 0 aliphatic rings. The Kier molecular flexibility index (Phi) is 5.75. The summed E-state index contributed by atoms with van der Waals surface area (Å²) in [6, 6.07) is 4.45. The van der Waals surface area contributed by atoms with Crippen LogP contribution in [0.2, 0.25) is 0 Å². The van der Waals surface area contributed by atoms with Crippen molar-refractivity contribution in [1.29, 1.82) is 0 Å². The fourth-order valence-electron chi connectivity index (χ4n) is 1.04. The van der Waals surface area contributed by atoms with E-state index in [1.807, 2.05) is 0 Å². The van der Waals surface area contributed by atoms with E-state index in [0.717, 1.165) is 0 Å². The van der Waals surface area contributed by atoms with Crippen LogP contribution in [0.5, 0.6) is 5.75 Å². The van der Waals surface area contributed by atoms with Crippen LogP contribution >= 0.6 is 28.3 Å². The number of halogens is 2. The van der Waals surface area contributed by atoms with Gasteiger partial charge >= 0.3 is 0 Å². The van der Waals surface area contributed by atoms with Crippen LogP contribution in [0.4, 0.5) is 0 Å². The zero-order valence-corrected chi connectivity index (χ0v) is 11.9. The predicted molar refractivity (Wildman–Crippen MR) is 67.0 cm³/mol. The summed E-state index contributed by atoms with van der Waals surface area (Å²) in [5.41, 5.74) is 0. The largest absolute Gasteiger partial charge is 0.488 e. The molecule has 0 saturated heterocycles. The van der Waals surface area contributed by atoms with Crippen molar-refractivity contribution in [2.75, 3.05) is 0 Å². The highest BCUT2D eigenvalue weighted by Crippen LogP contribution is 2.32. The Bertz CT molecular complexity index is 459. The Labute approximate surface area is 109 Å². The lowest BCUT2D eigenvalue weighted by Gasteiger charge is -2.14. The molecule has 0 fully saturated rings. The third kappa shape index (κ3) is 3.93. The quantitative estimate of drug-likeness (QED) is 0.865. The average Bonchev–Trinajstić information content (AvgIpc) is 2.05. The van der Waals surface area contributed by atoms with Crippen LogP contribution in [0.25, 0.3) is 0 Å². The summed E-state index contributed by atoms with van der Waals surface area (Å²) in [7, 11) is -4.26. The van der Waals surface area contributed by atoms with Gasteiger partial charge < -0.3 is 4.74 Å². The van der Waals surface area contributed by atoms with Gasteiger partial charge in [-0.05, 0) is 41.9 Å². The van der Waals surface area contributed by atoms with Crippen molar-refractivity contribution in [1.82, 2.24) is 0 Å². The van der Waals surface area contributed by atoms with E-state index in [1.165, 1.54) is 12.1 Å². The Balaban J connectivity index is 0.00000225. The van der Waals surface area contributed by atoms with Gasteiger partial charge in [0.25, 0.3) is 10.1 Å². The van der Waals surface area contributed by atoms with E-state index in [1.54, 1.807) is 19.9 Å². The first-order valence-electron chi connectivity index (χ1n) is 4.25. The van der Waals surface area contributed by atoms with E-state index < -0.39 is 10.1 Å². The number of hydrogen-bond donors (Lipinski definition) is 1. The van der Waals surface area contributed by atoms with Crippen molar-refractivity contribution in [3.63, 3.8) is 0 Å². The maximum atomic E-state index is 11.0.